The Balaban J connectivity index is 3.14. The van der Waals surface area contributed by atoms with Crippen LogP contribution in [0.25, 0.3) is 0 Å². The highest BCUT2D eigenvalue weighted by molar-refractivity contribution is 7.78. The molecule has 0 radical (unpaired) electrons. The van der Waals surface area contributed by atoms with Crippen LogP contribution >= 0.6 is 35.4 Å². The molecular weight excluding hydrogens is 277 g/mol. The largest absolute Gasteiger partial charge is 0.292 e. The van der Waals surface area contributed by atoms with Crippen LogP contribution in [0.3, 0.4) is 0 Å². The minimum atomic E-state index is -0.550. The van der Waals surface area contributed by atoms with E-state index in [0.717, 1.165) is 0 Å². The average Bonchev–Trinajstić information content (AvgIpc) is 2.24. The maximum atomic E-state index is 12.2. The fraction of sp³-hybridized carbons (Fsp3) is 0.333. The Labute approximate surface area is 116 Å². The third-order valence-corrected chi connectivity index (χ3v) is 2.94. The van der Waals surface area contributed by atoms with Crippen molar-refractivity contribution >= 4 is 46.4 Å². The van der Waals surface area contributed by atoms with E-state index in [1.165, 1.54) is 6.07 Å². The number of carbonyl (C=O) groups is 1. The second kappa shape index (κ2) is 6.27. The van der Waals surface area contributed by atoms with Gasteiger partial charge in [-0.3, -0.25) is 4.79 Å². The zero-order valence-corrected chi connectivity index (χ0v) is 11.7. The zero-order valence-electron chi connectivity index (χ0n) is 9.41. The molecule has 1 aromatic carbocycles. The molecule has 1 unspecified atom stereocenters. The fourth-order valence-corrected chi connectivity index (χ4v) is 2.03. The van der Waals surface area contributed by atoms with Crippen LogP contribution in [0.5, 0.6) is 0 Å². The topological polar surface area (TPSA) is 29.4 Å². The van der Waals surface area contributed by atoms with Crippen molar-refractivity contribution in [3.8, 4) is 0 Å². The Morgan fingerprint density at radius 3 is 2.53 bits per heavy atom. The highest BCUT2D eigenvalue weighted by atomic mass is 35.5. The molecule has 0 bridgehead atoms. The van der Waals surface area contributed by atoms with Crippen LogP contribution in [0.2, 0.25) is 10.0 Å². The first-order valence-corrected chi connectivity index (χ1v) is 6.20. The van der Waals surface area contributed by atoms with Gasteiger partial charge in [-0.25, -0.2) is 4.99 Å². The lowest BCUT2D eigenvalue weighted by Crippen LogP contribution is -2.24. The normalized spacial score (nSPS) is 12.1. The van der Waals surface area contributed by atoms with E-state index in [4.69, 9.17) is 23.2 Å². The van der Waals surface area contributed by atoms with Crippen molar-refractivity contribution in [2.75, 3.05) is 0 Å². The molecule has 0 saturated carbocycles. The van der Waals surface area contributed by atoms with Crippen molar-refractivity contribution in [2.45, 2.75) is 19.9 Å². The van der Waals surface area contributed by atoms with Gasteiger partial charge < -0.3 is 0 Å². The van der Waals surface area contributed by atoms with E-state index >= 15 is 0 Å². The minimum Gasteiger partial charge on any atom is -0.292 e. The number of hydrogen-bond acceptors (Lipinski definition) is 3. The van der Waals surface area contributed by atoms with Crippen molar-refractivity contribution in [1.29, 1.82) is 0 Å². The second-order valence-electron chi connectivity index (χ2n) is 3.90. The molecule has 5 heteroatoms. The summed E-state index contributed by atoms with van der Waals surface area (Å²) in [6.07, 6.45) is 0. The van der Waals surface area contributed by atoms with Gasteiger partial charge in [-0.05, 0) is 36.3 Å². The molecule has 0 heterocycles. The molecule has 0 spiro atoms. The molecule has 0 aliphatic rings. The molecule has 2 nitrogen and oxygen atoms in total. The van der Waals surface area contributed by atoms with E-state index in [0.29, 0.717) is 15.6 Å². The molecule has 0 aliphatic heterocycles. The van der Waals surface area contributed by atoms with Gasteiger partial charge in [-0.15, -0.1) is 0 Å². The molecular formula is C12H11Cl2NOS. The number of Topliss-reactive ketones (excluding diaryl/α,β-unsaturated/α-hetero) is 1. The summed E-state index contributed by atoms with van der Waals surface area (Å²) in [6, 6.07) is 4.21. The third-order valence-electron chi connectivity index (χ3n) is 2.29. The first-order valence-electron chi connectivity index (χ1n) is 5.03. The molecule has 0 N–H and O–H groups in total. The monoisotopic (exact) mass is 287 g/mol. The molecule has 0 amide bonds. The van der Waals surface area contributed by atoms with Crippen molar-refractivity contribution in [2.24, 2.45) is 10.9 Å². The molecule has 0 saturated heterocycles. The van der Waals surface area contributed by atoms with E-state index in [9.17, 15) is 4.79 Å². The summed E-state index contributed by atoms with van der Waals surface area (Å²) in [6.45, 7) is 3.78. The smallest absolute Gasteiger partial charge is 0.189 e. The van der Waals surface area contributed by atoms with Crippen LogP contribution in [0.1, 0.15) is 24.2 Å². The van der Waals surface area contributed by atoms with Gasteiger partial charge in [0.25, 0.3) is 0 Å². The quantitative estimate of drug-likeness (QED) is 0.469. The molecule has 0 fully saturated rings. The number of carbonyl (C=O) groups excluding carboxylic acids is 1. The number of hydrogen-bond donors (Lipinski definition) is 0. The predicted octanol–water partition coefficient (Wildman–Crippen LogP) is 4.30. The van der Waals surface area contributed by atoms with Crippen molar-refractivity contribution < 1.29 is 4.79 Å². The number of ketones is 1. The van der Waals surface area contributed by atoms with Gasteiger partial charge in [-0.2, -0.15) is 0 Å². The Bertz CT molecular complexity index is 481. The standard InChI is InChI=1S/C12H11Cl2NOS/c1-7(2)11(15-6-17)12(16)9-4-3-8(13)5-10(9)14/h3-5,7,11H,1-2H3. The summed E-state index contributed by atoms with van der Waals surface area (Å²) in [4.78, 5) is 16.1. The molecule has 1 rings (SSSR count). The van der Waals surface area contributed by atoms with Gasteiger partial charge in [-0.1, -0.05) is 37.0 Å². The lowest BCUT2D eigenvalue weighted by atomic mass is 9.95. The van der Waals surface area contributed by atoms with Crippen LogP contribution < -0.4 is 0 Å². The van der Waals surface area contributed by atoms with E-state index in [1.54, 1.807) is 12.1 Å². The van der Waals surface area contributed by atoms with Gasteiger partial charge in [0.15, 0.2) is 5.78 Å². The summed E-state index contributed by atoms with van der Waals surface area (Å²) in [5.41, 5.74) is 0.406. The molecule has 0 aliphatic carbocycles. The van der Waals surface area contributed by atoms with Crippen LogP contribution in [0.15, 0.2) is 23.2 Å². The van der Waals surface area contributed by atoms with Gasteiger partial charge >= 0.3 is 0 Å². The van der Waals surface area contributed by atoms with E-state index < -0.39 is 6.04 Å². The predicted molar refractivity (Wildman–Crippen MR) is 74.4 cm³/mol. The highest BCUT2D eigenvalue weighted by Crippen LogP contribution is 2.24. The molecule has 90 valence electrons. The summed E-state index contributed by atoms with van der Waals surface area (Å²) >= 11 is 16.3. The number of thiocarbonyl (C=S) groups is 1. The van der Waals surface area contributed by atoms with E-state index in [2.05, 4.69) is 22.4 Å². The fourth-order valence-electron chi connectivity index (χ4n) is 1.42. The zero-order chi connectivity index (χ0) is 13.0. The number of rotatable bonds is 4. The first-order chi connectivity index (χ1) is 7.97. The Morgan fingerprint density at radius 1 is 1.41 bits per heavy atom. The second-order valence-corrected chi connectivity index (χ2v) is 4.92. The third kappa shape index (κ3) is 3.62. The summed E-state index contributed by atoms with van der Waals surface area (Å²) in [5, 5.41) is 3.07. The van der Waals surface area contributed by atoms with Gasteiger partial charge in [0.2, 0.25) is 0 Å². The Morgan fingerprint density at radius 2 is 2.06 bits per heavy atom. The van der Waals surface area contributed by atoms with Crippen LogP contribution in [-0.2, 0) is 0 Å². The van der Waals surface area contributed by atoms with Crippen LogP contribution in [-0.4, -0.2) is 17.0 Å². The van der Waals surface area contributed by atoms with Crippen molar-refractivity contribution in [3.63, 3.8) is 0 Å². The minimum absolute atomic E-state index is 0.0321. The maximum Gasteiger partial charge on any atom is 0.189 e. The van der Waals surface area contributed by atoms with Crippen LogP contribution in [0, 0.1) is 5.92 Å². The summed E-state index contributed by atoms with van der Waals surface area (Å²) in [7, 11) is 0. The number of isothiocyanates is 1. The van der Waals surface area contributed by atoms with E-state index in [1.807, 2.05) is 13.8 Å². The van der Waals surface area contributed by atoms with Gasteiger partial charge in [0.05, 0.1) is 10.2 Å². The Kier molecular flexibility index (Phi) is 5.29. The molecule has 17 heavy (non-hydrogen) atoms. The van der Waals surface area contributed by atoms with Crippen LogP contribution in [0.4, 0.5) is 0 Å². The van der Waals surface area contributed by atoms with Gasteiger partial charge in [0, 0.05) is 10.6 Å². The van der Waals surface area contributed by atoms with Crippen molar-refractivity contribution in [1.82, 2.24) is 0 Å². The average molecular weight is 288 g/mol. The SMILES string of the molecule is CC(C)C(N=C=S)C(=O)c1ccc(Cl)cc1Cl. The summed E-state index contributed by atoms with van der Waals surface area (Å²) in [5.74, 6) is -0.135. The number of nitrogens with zero attached hydrogens (tertiary/aromatic N) is 1. The molecule has 1 aromatic rings. The number of benzene rings is 1. The lowest BCUT2D eigenvalue weighted by Gasteiger charge is -2.14. The number of aliphatic imine (C=N–C) groups is 1. The van der Waals surface area contributed by atoms with E-state index in [-0.39, 0.29) is 11.7 Å². The highest BCUT2D eigenvalue weighted by Gasteiger charge is 2.24. The Hall–Kier alpha value is -0.730. The number of halogens is 2. The summed E-state index contributed by atoms with van der Waals surface area (Å²) < 4.78 is 0. The first kappa shape index (κ1) is 14.3. The lowest BCUT2D eigenvalue weighted by molar-refractivity contribution is 0.0942. The van der Waals surface area contributed by atoms with Crippen molar-refractivity contribution in [3.05, 3.63) is 33.8 Å². The maximum absolute atomic E-state index is 12.2. The molecule has 0 aromatic heterocycles. The molecule has 1 atom stereocenters. The van der Waals surface area contributed by atoms with Gasteiger partial charge in [0.1, 0.15) is 6.04 Å².